The van der Waals surface area contributed by atoms with Gasteiger partial charge in [0.15, 0.2) is 0 Å². The Labute approximate surface area is 201 Å². The average molecular weight is 460 g/mol. The number of imide groups is 1. The number of piperidine rings is 1. The molecule has 0 atom stereocenters. The van der Waals surface area contributed by atoms with E-state index in [0.717, 1.165) is 44.1 Å². The number of nitrogens with zero attached hydrogens (tertiary/aromatic N) is 3. The quantitative estimate of drug-likeness (QED) is 0.529. The van der Waals surface area contributed by atoms with E-state index in [1.807, 2.05) is 30.3 Å². The van der Waals surface area contributed by atoms with Crippen LogP contribution in [0.4, 0.5) is 11.4 Å². The number of amides is 2. The van der Waals surface area contributed by atoms with E-state index in [4.69, 9.17) is 0 Å². The molecular weight excluding hydrogens is 426 g/mol. The van der Waals surface area contributed by atoms with E-state index in [1.54, 1.807) is 6.20 Å². The largest absolute Gasteiger partial charge is 0.369 e. The van der Waals surface area contributed by atoms with Gasteiger partial charge in [-0.25, -0.2) is 0 Å². The van der Waals surface area contributed by atoms with E-state index < -0.39 is 0 Å². The molecule has 7 nitrogen and oxygen atoms in total. The summed E-state index contributed by atoms with van der Waals surface area (Å²) in [6.07, 6.45) is 5.63. The van der Waals surface area contributed by atoms with Crippen LogP contribution in [0.2, 0.25) is 0 Å². The van der Waals surface area contributed by atoms with E-state index >= 15 is 0 Å². The minimum Gasteiger partial charge on any atom is -0.369 e. The Morgan fingerprint density at radius 2 is 1.59 bits per heavy atom. The second kappa shape index (κ2) is 9.99. The molecule has 178 valence electrons. The van der Waals surface area contributed by atoms with Crippen LogP contribution in [0.5, 0.6) is 0 Å². The fraction of sp³-hybridized carbons (Fsp3) is 0.407. The van der Waals surface area contributed by atoms with Crippen LogP contribution in [0.25, 0.3) is 5.57 Å². The Kier molecular flexibility index (Phi) is 6.65. The molecule has 0 saturated carbocycles. The lowest BCUT2D eigenvalue weighted by molar-refractivity contribution is -0.114. The van der Waals surface area contributed by atoms with Crippen LogP contribution >= 0.6 is 0 Å². The van der Waals surface area contributed by atoms with Gasteiger partial charge in [-0.05, 0) is 68.9 Å². The molecule has 7 heteroatoms. The summed E-state index contributed by atoms with van der Waals surface area (Å²) in [6.45, 7) is 7.18. The van der Waals surface area contributed by atoms with Crippen molar-refractivity contribution in [3.05, 3.63) is 65.4 Å². The summed E-state index contributed by atoms with van der Waals surface area (Å²) < 4.78 is 0. The lowest BCUT2D eigenvalue weighted by atomic mass is 9.94. The van der Waals surface area contributed by atoms with Gasteiger partial charge < -0.3 is 15.1 Å². The first kappa shape index (κ1) is 22.6. The van der Waals surface area contributed by atoms with Gasteiger partial charge in [-0.1, -0.05) is 18.6 Å². The van der Waals surface area contributed by atoms with Crippen molar-refractivity contribution < 1.29 is 9.59 Å². The van der Waals surface area contributed by atoms with Crippen LogP contribution in [0.3, 0.4) is 0 Å². The molecule has 2 N–H and O–H groups in total. The third-order valence-corrected chi connectivity index (χ3v) is 7.07. The van der Waals surface area contributed by atoms with Gasteiger partial charge in [0, 0.05) is 61.4 Å². The lowest BCUT2D eigenvalue weighted by Crippen LogP contribution is -2.44. The number of likely N-dealkylation sites (tertiary alicyclic amines) is 1. The molecule has 0 unspecified atom stereocenters. The summed E-state index contributed by atoms with van der Waals surface area (Å²) in [4.78, 5) is 32.3. The molecule has 3 aliphatic rings. The van der Waals surface area contributed by atoms with Crippen molar-refractivity contribution in [1.82, 2.24) is 15.1 Å². The molecule has 2 saturated heterocycles. The SMILES string of the molecule is CN1CCN(c2ccc3c(c2)/C(=C/Nc2ccc(CN4CCCCC4)cc2)C(=O)NC3=O)CC1. The van der Waals surface area contributed by atoms with Crippen LogP contribution in [0.1, 0.15) is 40.7 Å². The maximum Gasteiger partial charge on any atom is 0.260 e. The second-order valence-corrected chi connectivity index (χ2v) is 9.54. The highest BCUT2D eigenvalue weighted by Crippen LogP contribution is 2.29. The highest BCUT2D eigenvalue weighted by Gasteiger charge is 2.28. The molecule has 3 heterocycles. The van der Waals surface area contributed by atoms with Gasteiger partial charge in [0.1, 0.15) is 0 Å². The van der Waals surface area contributed by atoms with Crippen molar-refractivity contribution in [2.75, 3.05) is 56.5 Å². The molecular formula is C27H33N5O2. The third kappa shape index (κ3) is 5.00. The summed E-state index contributed by atoms with van der Waals surface area (Å²) in [5.41, 5.74) is 4.94. The van der Waals surface area contributed by atoms with E-state index in [9.17, 15) is 9.59 Å². The van der Waals surface area contributed by atoms with Crippen molar-refractivity contribution in [3.63, 3.8) is 0 Å². The van der Waals surface area contributed by atoms with Crippen LogP contribution in [-0.4, -0.2) is 67.9 Å². The fourth-order valence-electron chi connectivity index (χ4n) is 4.96. The normalized spacial score (nSPS) is 20.9. The fourth-order valence-corrected chi connectivity index (χ4v) is 4.96. The van der Waals surface area contributed by atoms with E-state index in [0.29, 0.717) is 16.7 Å². The molecule has 2 aromatic carbocycles. The number of hydrogen-bond acceptors (Lipinski definition) is 6. The van der Waals surface area contributed by atoms with Gasteiger partial charge in [0.05, 0.1) is 5.57 Å². The Morgan fingerprint density at radius 3 is 2.32 bits per heavy atom. The van der Waals surface area contributed by atoms with Crippen molar-refractivity contribution >= 4 is 28.8 Å². The summed E-state index contributed by atoms with van der Waals surface area (Å²) in [5, 5.41) is 5.74. The van der Waals surface area contributed by atoms with E-state index in [-0.39, 0.29) is 11.8 Å². The van der Waals surface area contributed by atoms with Crippen molar-refractivity contribution in [2.45, 2.75) is 25.8 Å². The highest BCUT2D eigenvalue weighted by atomic mass is 16.2. The van der Waals surface area contributed by atoms with Crippen LogP contribution in [-0.2, 0) is 11.3 Å². The Bertz CT molecular complexity index is 1080. The van der Waals surface area contributed by atoms with Crippen molar-refractivity contribution in [2.24, 2.45) is 0 Å². The first-order valence-electron chi connectivity index (χ1n) is 12.3. The summed E-state index contributed by atoms with van der Waals surface area (Å²) >= 11 is 0. The first-order chi connectivity index (χ1) is 16.6. The topological polar surface area (TPSA) is 67.9 Å². The summed E-state index contributed by atoms with van der Waals surface area (Å²) in [7, 11) is 2.12. The Balaban J connectivity index is 1.33. The number of benzene rings is 2. The second-order valence-electron chi connectivity index (χ2n) is 9.54. The first-order valence-corrected chi connectivity index (χ1v) is 12.3. The number of carbonyl (C=O) groups excluding carboxylic acids is 2. The van der Waals surface area contributed by atoms with E-state index in [2.05, 4.69) is 44.5 Å². The number of carbonyl (C=O) groups is 2. The molecule has 34 heavy (non-hydrogen) atoms. The molecule has 0 spiro atoms. The minimum absolute atomic E-state index is 0.343. The maximum absolute atomic E-state index is 12.7. The zero-order valence-corrected chi connectivity index (χ0v) is 19.8. The number of anilines is 2. The smallest absolute Gasteiger partial charge is 0.260 e. The Hall–Kier alpha value is -3.16. The van der Waals surface area contributed by atoms with E-state index in [1.165, 1.54) is 37.9 Å². The number of fused-ring (bicyclic) bond motifs is 1. The molecule has 2 amide bonds. The zero-order chi connectivity index (χ0) is 23.5. The van der Waals surface area contributed by atoms with Gasteiger partial charge in [0.25, 0.3) is 11.8 Å². The highest BCUT2D eigenvalue weighted by molar-refractivity contribution is 6.31. The molecule has 0 aromatic heterocycles. The molecule has 0 aliphatic carbocycles. The zero-order valence-electron chi connectivity index (χ0n) is 19.8. The number of rotatable bonds is 5. The van der Waals surface area contributed by atoms with Gasteiger partial charge in [-0.3, -0.25) is 19.8 Å². The monoisotopic (exact) mass is 459 g/mol. The predicted octanol–water partition coefficient (Wildman–Crippen LogP) is 3.15. The van der Waals surface area contributed by atoms with Crippen LogP contribution in [0.15, 0.2) is 48.7 Å². The van der Waals surface area contributed by atoms with Crippen LogP contribution in [0, 0.1) is 0 Å². The summed E-state index contributed by atoms with van der Waals surface area (Å²) in [6, 6.07) is 14.2. The average Bonchev–Trinajstić information content (AvgIpc) is 2.86. The molecule has 5 rings (SSSR count). The lowest BCUT2D eigenvalue weighted by Gasteiger charge is -2.34. The Morgan fingerprint density at radius 1 is 0.853 bits per heavy atom. The standard InChI is InChI=1S/C27H33N5O2/c1-30-13-15-32(16-14-30)22-9-10-23-24(17-22)25(27(34)29-26(23)33)18-28-21-7-5-20(6-8-21)19-31-11-3-2-4-12-31/h5-10,17-18,28H,2-4,11-16,19H2,1H3,(H,29,33,34)/b25-18-. The molecule has 0 bridgehead atoms. The maximum atomic E-state index is 12.7. The van der Waals surface area contributed by atoms with Gasteiger partial charge in [-0.2, -0.15) is 0 Å². The molecule has 2 aromatic rings. The molecule has 2 fully saturated rings. The number of nitrogens with one attached hydrogen (secondary N) is 2. The van der Waals surface area contributed by atoms with Gasteiger partial charge >= 0.3 is 0 Å². The third-order valence-electron chi connectivity index (χ3n) is 7.07. The minimum atomic E-state index is -0.373. The predicted molar refractivity (Wildman–Crippen MR) is 136 cm³/mol. The molecule has 0 radical (unpaired) electrons. The van der Waals surface area contributed by atoms with Crippen molar-refractivity contribution in [1.29, 1.82) is 0 Å². The van der Waals surface area contributed by atoms with Crippen LogP contribution < -0.4 is 15.5 Å². The van der Waals surface area contributed by atoms with Gasteiger partial charge in [-0.15, -0.1) is 0 Å². The van der Waals surface area contributed by atoms with Gasteiger partial charge in [0.2, 0.25) is 0 Å². The molecule has 3 aliphatic heterocycles. The van der Waals surface area contributed by atoms with Crippen molar-refractivity contribution in [3.8, 4) is 0 Å². The number of piperazine rings is 1. The number of likely N-dealkylation sites (N-methyl/N-ethyl adjacent to an activating group) is 1. The summed E-state index contributed by atoms with van der Waals surface area (Å²) in [5.74, 6) is -0.716. The number of hydrogen-bond donors (Lipinski definition) is 2.